The van der Waals surface area contributed by atoms with Crippen molar-refractivity contribution in [3.05, 3.63) is 83.4 Å². The van der Waals surface area contributed by atoms with Gasteiger partial charge in [0.25, 0.3) is 10.0 Å². The Kier molecular flexibility index (Phi) is 5.65. The van der Waals surface area contributed by atoms with Crippen LogP contribution in [-0.4, -0.2) is 21.0 Å². The summed E-state index contributed by atoms with van der Waals surface area (Å²) in [5.74, 6) is 0. The number of anilines is 3. The average molecular weight is 442 g/mol. The number of rotatable bonds is 4. The summed E-state index contributed by atoms with van der Waals surface area (Å²) in [7, 11) is -3.64. The molecule has 30 heavy (non-hydrogen) atoms. The van der Waals surface area contributed by atoms with Gasteiger partial charge in [0, 0.05) is 12.2 Å². The lowest BCUT2D eigenvalue weighted by Crippen LogP contribution is -2.35. The zero-order chi connectivity index (χ0) is 21.1. The highest BCUT2D eigenvalue weighted by molar-refractivity contribution is 7.92. The molecule has 2 amide bonds. The number of nitrogens with zero attached hydrogens (tertiary/aromatic N) is 1. The van der Waals surface area contributed by atoms with Gasteiger partial charge < -0.3 is 10.6 Å². The standard InChI is InChI=1S/C22H20ClN3O3S/c23-19-10-4-5-11-20(19)25-22(27)24-17-12-13-21-16(15-17)7-6-14-26(21)30(28,29)18-8-2-1-3-9-18/h1-5,8-13,15H,6-7,14H2,(H2,24,25,27). The summed E-state index contributed by atoms with van der Waals surface area (Å²) in [4.78, 5) is 12.6. The van der Waals surface area contributed by atoms with Gasteiger partial charge in [-0.25, -0.2) is 13.2 Å². The van der Waals surface area contributed by atoms with Gasteiger partial charge in [-0.15, -0.1) is 0 Å². The summed E-state index contributed by atoms with van der Waals surface area (Å²) in [6, 6.07) is 20.2. The first-order chi connectivity index (χ1) is 14.4. The van der Waals surface area contributed by atoms with Gasteiger partial charge in [-0.05, 0) is 60.9 Å². The number of nitrogens with one attached hydrogen (secondary N) is 2. The molecular weight excluding hydrogens is 422 g/mol. The lowest BCUT2D eigenvalue weighted by Gasteiger charge is -2.30. The molecule has 0 atom stereocenters. The van der Waals surface area contributed by atoms with Crippen molar-refractivity contribution in [2.45, 2.75) is 17.7 Å². The minimum Gasteiger partial charge on any atom is -0.308 e. The molecule has 8 heteroatoms. The third-order valence-electron chi connectivity index (χ3n) is 4.87. The number of fused-ring (bicyclic) bond motifs is 1. The fraction of sp³-hybridized carbons (Fsp3) is 0.136. The number of hydrogen-bond acceptors (Lipinski definition) is 3. The Bertz CT molecular complexity index is 1180. The number of halogens is 1. The average Bonchev–Trinajstić information content (AvgIpc) is 2.75. The molecule has 0 aliphatic carbocycles. The number of carbonyl (C=O) groups is 1. The van der Waals surface area contributed by atoms with Gasteiger partial charge in [0.15, 0.2) is 0 Å². The number of hydrogen-bond donors (Lipinski definition) is 2. The molecule has 154 valence electrons. The predicted molar refractivity (Wildman–Crippen MR) is 120 cm³/mol. The third kappa shape index (κ3) is 4.13. The van der Waals surface area contributed by atoms with Crippen molar-refractivity contribution < 1.29 is 13.2 Å². The molecule has 4 rings (SSSR count). The second kappa shape index (κ2) is 8.38. The number of amides is 2. The van der Waals surface area contributed by atoms with Crippen molar-refractivity contribution >= 4 is 44.7 Å². The van der Waals surface area contributed by atoms with E-state index < -0.39 is 16.1 Å². The first-order valence-electron chi connectivity index (χ1n) is 9.48. The van der Waals surface area contributed by atoms with Crippen molar-refractivity contribution in [3.63, 3.8) is 0 Å². The Labute approximate surface area is 180 Å². The van der Waals surface area contributed by atoms with E-state index in [0.29, 0.717) is 35.1 Å². The molecule has 0 spiro atoms. The quantitative estimate of drug-likeness (QED) is 0.589. The fourth-order valence-electron chi connectivity index (χ4n) is 3.46. The van der Waals surface area contributed by atoms with Gasteiger partial charge in [-0.3, -0.25) is 4.31 Å². The third-order valence-corrected chi connectivity index (χ3v) is 7.02. The molecule has 0 unspecified atom stereocenters. The lowest BCUT2D eigenvalue weighted by atomic mass is 10.0. The number of sulfonamides is 1. The molecule has 0 radical (unpaired) electrons. The number of carbonyl (C=O) groups excluding carboxylic acids is 1. The van der Waals surface area contributed by atoms with E-state index in [0.717, 1.165) is 12.0 Å². The van der Waals surface area contributed by atoms with E-state index in [-0.39, 0.29) is 4.90 Å². The van der Waals surface area contributed by atoms with Gasteiger partial charge in [-0.2, -0.15) is 0 Å². The number of urea groups is 1. The van der Waals surface area contributed by atoms with Crippen molar-refractivity contribution in [3.8, 4) is 0 Å². The summed E-state index contributed by atoms with van der Waals surface area (Å²) in [5.41, 5.74) is 2.60. The van der Waals surface area contributed by atoms with Crippen LogP contribution in [-0.2, 0) is 16.4 Å². The van der Waals surface area contributed by atoms with Crippen LogP contribution < -0.4 is 14.9 Å². The molecule has 1 heterocycles. The highest BCUT2D eigenvalue weighted by Gasteiger charge is 2.29. The van der Waals surface area contributed by atoms with Gasteiger partial charge in [-0.1, -0.05) is 41.9 Å². The van der Waals surface area contributed by atoms with Crippen molar-refractivity contribution in [2.75, 3.05) is 21.5 Å². The highest BCUT2D eigenvalue weighted by atomic mass is 35.5. The smallest absolute Gasteiger partial charge is 0.308 e. The molecule has 1 aliphatic rings. The van der Waals surface area contributed by atoms with Crippen molar-refractivity contribution in [1.82, 2.24) is 0 Å². The van der Waals surface area contributed by atoms with Crippen LogP contribution in [0.1, 0.15) is 12.0 Å². The number of aryl methyl sites for hydroxylation is 1. The lowest BCUT2D eigenvalue weighted by molar-refractivity contribution is 0.262. The number of para-hydroxylation sites is 1. The SMILES string of the molecule is O=C(Nc1ccc2c(c1)CCCN2S(=O)(=O)c1ccccc1)Nc1ccccc1Cl. The van der Waals surface area contributed by atoms with Crippen LogP contribution in [0.5, 0.6) is 0 Å². The van der Waals surface area contributed by atoms with Gasteiger partial charge in [0.05, 0.1) is 21.3 Å². The Morgan fingerprint density at radius 1 is 0.933 bits per heavy atom. The van der Waals surface area contributed by atoms with Crippen LogP contribution in [0.4, 0.5) is 21.9 Å². The van der Waals surface area contributed by atoms with Gasteiger partial charge in [0.2, 0.25) is 0 Å². The zero-order valence-corrected chi connectivity index (χ0v) is 17.6. The van der Waals surface area contributed by atoms with E-state index in [1.807, 2.05) is 6.07 Å². The first kappa shape index (κ1) is 20.3. The maximum absolute atomic E-state index is 13.1. The van der Waals surface area contributed by atoms with Crippen molar-refractivity contribution in [2.24, 2.45) is 0 Å². The fourth-order valence-corrected chi connectivity index (χ4v) is 5.20. The molecule has 0 fully saturated rings. The molecule has 1 aliphatic heterocycles. The molecule has 3 aromatic rings. The molecular formula is C22H20ClN3O3S. The molecule has 0 saturated heterocycles. The zero-order valence-electron chi connectivity index (χ0n) is 16.0. The second-order valence-electron chi connectivity index (χ2n) is 6.90. The summed E-state index contributed by atoms with van der Waals surface area (Å²) in [6.07, 6.45) is 1.44. The summed E-state index contributed by atoms with van der Waals surface area (Å²) >= 11 is 6.07. The van der Waals surface area contributed by atoms with E-state index in [4.69, 9.17) is 11.6 Å². The monoisotopic (exact) mass is 441 g/mol. The molecule has 0 aromatic heterocycles. The van der Waals surface area contributed by atoms with Crippen LogP contribution in [0.25, 0.3) is 0 Å². The number of benzene rings is 3. The normalized spacial score (nSPS) is 13.4. The van der Waals surface area contributed by atoms with Crippen molar-refractivity contribution in [1.29, 1.82) is 0 Å². The van der Waals surface area contributed by atoms with Crippen LogP contribution in [0.3, 0.4) is 0 Å². The maximum Gasteiger partial charge on any atom is 0.323 e. The Morgan fingerprint density at radius 2 is 1.67 bits per heavy atom. The van der Waals surface area contributed by atoms with Crippen LogP contribution >= 0.6 is 11.6 Å². The predicted octanol–water partition coefficient (Wildman–Crippen LogP) is 5.13. The summed E-state index contributed by atoms with van der Waals surface area (Å²) in [5, 5.41) is 5.93. The molecule has 6 nitrogen and oxygen atoms in total. The van der Waals surface area contributed by atoms with E-state index in [1.165, 1.54) is 4.31 Å². The topological polar surface area (TPSA) is 78.5 Å². The second-order valence-corrected chi connectivity index (χ2v) is 9.17. The van der Waals surface area contributed by atoms with Gasteiger partial charge >= 0.3 is 6.03 Å². The minimum absolute atomic E-state index is 0.263. The maximum atomic E-state index is 13.1. The van der Waals surface area contributed by atoms with E-state index >= 15 is 0 Å². The first-order valence-corrected chi connectivity index (χ1v) is 11.3. The van der Waals surface area contributed by atoms with Crippen LogP contribution in [0, 0.1) is 0 Å². The molecule has 0 saturated carbocycles. The van der Waals surface area contributed by atoms with E-state index in [9.17, 15) is 13.2 Å². The summed E-state index contributed by atoms with van der Waals surface area (Å²) < 4.78 is 27.6. The Balaban J connectivity index is 1.55. The molecule has 0 bridgehead atoms. The van der Waals surface area contributed by atoms with Crippen LogP contribution in [0.15, 0.2) is 77.7 Å². The Morgan fingerprint density at radius 3 is 2.43 bits per heavy atom. The summed E-state index contributed by atoms with van der Waals surface area (Å²) in [6.45, 7) is 0.421. The van der Waals surface area contributed by atoms with E-state index in [2.05, 4.69) is 10.6 Å². The largest absolute Gasteiger partial charge is 0.323 e. The molecule has 2 N–H and O–H groups in total. The van der Waals surface area contributed by atoms with Gasteiger partial charge in [0.1, 0.15) is 0 Å². The van der Waals surface area contributed by atoms with Crippen LogP contribution in [0.2, 0.25) is 5.02 Å². The molecule has 3 aromatic carbocycles. The van der Waals surface area contributed by atoms with E-state index in [1.54, 1.807) is 66.7 Å². The highest BCUT2D eigenvalue weighted by Crippen LogP contribution is 2.33. The minimum atomic E-state index is -3.64. The Hall–Kier alpha value is -3.03.